The molecular formula is C28H35N5O9S. The van der Waals surface area contributed by atoms with Gasteiger partial charge in [0.15, 0.2) is 0 Å². The smallest absolute Gasteiger partial charge is 0.337 e. The number of aliphatic hydroxyl groups excluding tert-OH is 1. The summed E-state index contributed by atoms with van der Waals surface area (Å²) in [6, 6.07) is 4.31. The van der Waals surface area contributed by atoms with E-state index in [0.717, 1.165) is 0 Å². The largest absolute Gasteiger partial charge is 0.460 e. The molecule has 0 bridgehead atoms. The van der Waals surface area contributed by atoms with Crippen molar-refractivity contribution >= 4 is 33.0 Å². The number of ether oxygens (including phenoxy) is 1. The van der Waals surface area contributed by atoms with E-state index in [2.05, 4.69) is 33.1 Å². The Morgan fingerprint density at radius 2 is 1.42 bits per heavy atom. The van der Waals surface area contributed by atoms with Crippen molar-refractivity contribution in [1.29, 1.82) is 5.26 Å². The van der Waals surface area contributed by atoms with E-state index >= 15 is 0 Å². The highest BCUT2D eigenvalue weighted by Crippen LogP contribution is 2.13. The summed E-state index contributed by atoms with van der Waals surface area (Å²) in [6.07, 6.45) is 5.38. The second-order valence-corrected chi connectivity index (χ2v) is 9.03. The number of nitriles is 1. The standard InChI is InChI=1S/C12H12N2O4.C10H10N2O4S.C3H6O.C2H3N.CH4/c1-3-5-17-12-13-10(16)9-7(4-2)6-8(15)18-11(9)14-12;1-3-5-4-6(13)16-9-7(5)8(14)11-10(12-9)17(2)15;1-2-3-4;1-2-3;/h3,6H,1,4-5H2,2H3,(H,13,14,16);4H,3H2,1-2H3,(H,11,12,14);2,4H,1,3H2;1H3;1H4. The van der Waals surface area contributed by atoms with Gasteiger partial charge in [0.2, 0.25) is 16.6 Å². The Bertz CT molecular complexity index is 1830. The number of H-pyrrole nitrogens is 2. The lowest BCUT2D eigenvalue weighted by molar-refractivity contribution is 0.331. The number of aromatic amines is 2. The average molecular weight is 618 g/mol. The minimum atomic E-state index is -1.44. The van der Waals surface area contributed by atoms with Crippen LogP contribution in [-0.2, 0) is 23.6 Å². The minimum absolute atomic E-state index is 0. The van der Waals surface area contributed by atoms with Crippen molar-refractivity contribution in [2.45, 2.75) is 46.2 Å². The highest BCUT2D eigenvalue weighted by molar-refractivity contribution is 7.84. The quantitative estimate of drug-likeness (QED) is 0.201. The lowest BCUT2D eigenvalue weighted by atomic mass is 10.1. The fraction of sp³-hybridized carbons (Fsp3) is 0.321. The second kappa shape index (κ2) is 19.2. The molecule has 1 unspecified atom stereocenters. The van der Waals surface area contributed by atoms with Gasteiger partial charge < -0.3 is 18.7 Å². The van der Waals surface area contributed by atoms with Crippen LogP contribution in [0.15, 0.2) is 70.6 Å². The van der Waals surface area contributed by atoms with E-state index in [1.807, 2.05) is 13.8 Å². The highest BCUT2D eigenvalue weighted by Gasteiger charge is 2.13. The van der Waals surface area contributed by atoms with Gasteiger partial charge in [-0.3, -0.25) is 23.8 Å². The van der Waals surface area contributed by atoms with Gasteiger partial charge in [-0.25, -0.2) is 9.59 Å². The first-order valence-corrected chi connectivity index (χ1v) is 13.8. The molecule has 0 saturated carbocycles. The average Bonchev–Trinajstić information content (AvgIpc) is 2.95. The molecule has 0 aliphatic heterocycles. The van der Waals surface area contributed by atoms with Gasteiger partial charge in [0.05, 0.1) is 23.5 Å². The normalized spacial score (nSPS) is 10.2. The van der Waals surface area contributed by atoms with Crippen LogP contribution in [0, 0.1) is 11.3 Å². The van der Waals surface area contributed by atoms with E-state index in [1.165, 1.54) is 37.5 Å². The van der Waals surface area contributed by atoms with Gasteiger partial charge >= 0.3 is 11.3 Å². The Morgan fingerprint density at radius 3 is 1.81 bits per heavy atom. The second-order valence-electron chi connectivity index (χ2n) is 7.74. The SMILES string of the molecule is C.C=CCO.C=CCOc1nc2oc(=O)cc(CC)c2c(=O)[nH]1.CC#N.CCc1cc(=O)oc2nc(S(C)=O)[nH]c(=O)c12. The van der Waals surface area contributed by atoms with Crippen LogP contribution in [0.4, 0.5) is 0 Å². The lowest BCUT2D eigenvalue weighted by Crippen LogP contribution is -2.16. The van der Waals surface area contributed by atoms with Gasteiger partial charge in [-0.1, -0.05) is 40.0 Å². The number of aliphatic hydroxyl groups is 1. The first kappa shape index (κ1) is 38.1. The van der Waals surface area contributed by atoms with Gasteiger partial charge in [-0.2, -0.15) is 15.2 Å². The zero-order valence-corrected chi connectivity index (χ0v) is 24.3. The number of aryl methyl sites for hydroxylation is 2. The van der Waals surface area contributed by atoms with Gasteiger partial charge in [-0.05, 0) is 24.0 Å². The molecule has 0 spiro atoms. The number of nitrogens with one attached hydrogen (secondary N) is 2. The van der Waals surface area contributed by atoms with Crippen LogP contribution in [0.3, 0.4) is 0 Å². The van der Waals surface area contributed by atoms with Crippen molar-refractivity contribution in [2.75, 3.05) is 19.5 Å². The molecule has 0 aliphatic carbocycles. The third-order valence-electron chi connectivity index (χ3n) is 4.85. The molecule has 0 saturated heterocycles. The first-order valence-electron chi connectivity index (χ1n) is 12.2. The highest BCUT2D eigenvalue weighted by atomic mass is 32.2. The number of nitrogens with zero attached hydrogens (tertiary/aromatic N) is 3. The van der Waals surface area contributed by atoms with Crippen LogP contribution in [0.5, 0.6) is 6.01 Å². The molecule has 3 N–H and O–H groups in total. The summed E-state index contributed by atoms with van der Waals surface area (Å²) >= 11 is 0. The summed E-state index contributed by atoms with van der Waals surface area (Å²) in [5.41, 5.74) is -0.845. The van der Waals surface area contributed by atoms with Crippen LogP contribution < -0.4 is 27.1 Å². The van der Waals surface area contributed by atoms with Crippen molar-refractivity contribution < 1.29 is 22.9 Å². The Morgan fingerprint density at radius 1 is 0.977 bits per heavy atom. The summed E-state index contributed by atoms with van der Waals surface area (Å²) in [5, 5.41) is 15.6. The summed E-state index contributed by atoms with van der Waals surface area (Å²) in [6.45, 7) is 12.1. The fourth-order valence-corrected chi connectivity index (χ4v) is 3.61. The maximum Gasteiger partial charge on any atom is 0.337 e. The third-order valence-corrected chi connectivity index (χ3v) is 5.59. The van der Waals surface area contributed by atoms with Gasteiger partial charge in [-0.15, -0.1) is 6.58 Å². The van der Waals surface area contributed by atoms with Crippen LogP contribution in [0.2, 0.25) is 0 Å². The van der Waals surface area contributed by atoms with Gasteiger partial charge in [0.1, 0.15) is 17.4 Å². The lowest BCUT2D eigenvalue weighted by Gasteiger charge is -2.04. The number of aromatic nitrogens is 4. The van der Waals surface area contributed by atoms with Crippen LogP contribution in [0.1, 0.15) is 39.3 Å². The molecule has 0 radical (unpaired) electrons. The monoisotopic (exact) mass is 617 g/mol. The summed E-state index contributed by atoms with van der Waals surface area (Å²) in [4.78, 5) is 59.0. The van der Waals surface area contributed by atoms with E-state index in [0.29, 0.717) is 24.0 Å². The van der Waals surface area contributed by atoms with Gasteiger partial charge in [0, 0.05) is 25.3 Å². The molecule has 0 aromatic carbocycles. The fourth-order valence-electron chi connectivity index (χ4n) is 3.16. The van der Waals surface area contributed by atoms with E-state index in [4.69, 9.17) is 23.9 Å². The molecule has 4 rings (SSSR count). The Kier molecular flexibility index (Phi) is 17.0. The summed E-state index contributed by atoms with van der Waals surface area (Å²) in [7, 11) is -1.44. The van der Waals surface area contributed by atoms with Crippen molar-refractivity contribution in [1.82, 2.24) is 19.9 Å². The maximum atomic E-state index is 11.9. The molecule has 0 fully saturated rings. The molecule has 43 heavy (non-hydrogen) atoms. The Hall–Kier alpha value is -4.94. The molecule has 0 amide bonds. The molecule has 1 atom stereocenters. The first-order chi connectivity index (χ1) is 20.0. The number of rotatable bonds is 7. The third kappa shape index (κ3) is 11.1. The van der Waals surface area contributed by atoms with Crippen LogP contribution in [-0.4, -0.2) is 48.7 Å². The zero-order valence-electron chi connectivity index (χ0n) is 23.5. The number of hydrogen-bond donors (Lipinski definition) is 3. The predicted octanol–water partition coefficient (Wildman–Crippen LogP) is 2.51. The van der Waals surface area contributed by atoms with Crippen molar-refractivity contribution in [3.8, 4) is 12.1 Å². The molecule has 4 aromatic rings. The van der Waals surface area contributed by atoms with Crippen LogP contribution >= 0.6 is 0 Å². The molecule has 15 heteroatoms. The van der Waals surface area contributed by atoms with E-state index in [1.54, 1.807) is 6.07 Å². The molecule has 4 heterocycles. The van der Waals surface area contributed by atoms with Gasteiger partial charge in [0.25, 0.3) is 17.1 Å². The summed E-state index contributed by atoms with van der Waals surface area (Å²) in [5.74, 6) is 0. The van der Waals surface area contributed by atoms with Crippen molar-refractivity contribution in [3.63, 3.8) is 0 Å². The van der Waals surface area contributed by atoms with E-state index in [9.17, 15) is 23.4 Å². The zero-order chi connectivity index (χ0) is 31.8. The Labute approximate surface area is 248 Å². The molecule has 4 aromatic heterocycles. The summed E-state index contributed by atoms with van der Waals surface area (Å²) < 4.78 is 26.1. The van der Waals surface area contributed by atoms with Crippen molar-refractivity contribution in [2.24, 2.45) is 0 Å². The maximum absolute atomic E-state index is 11.9. The Balaban J connectivity index is 0.000000663. The predicted molar refractivity (Wildman–Crippen MR) is 164 cm³/mol. The minimum Gasteiger partial charge on any atom is -0.460 e. The van der Waals surface area contributed by atoms with E-state index < -0.39 is 27.6 Å². The van der Waals surface area contributed by atoms with E-state index in [-0.39, 0.29) is 59.6 Å². The topological polar surface area (TPSA) is 222 Å². The number of fused-ring (bicyclic) bond motifs is 2. The molecular weight excluding hydrogens is 582 g/mol. The van der Waals surface area contributed by atoms with Crippen LogP contribution in [0.25, 0.3) is 22.2 Å². The molecule has 0 aliphatic rings. The van der Waals surface area contributed by atoms with Crippen molar-refractivity contribution in [3.05, 3.63) is 90.1 Å². The molecule has 232 valence electrons. The number of hydrogen-bond acceptors (Lipinski definition) is 12. The molecule has 14 nitrogen and oxygen atoms in total.